The zero-order valence-corrected chi connectivity index (χ0v) is 13.0. The molecule has 1 saturated heterocycles. The fourth-order valence-electron chi connectivity index (χ4n) is 2.71. The molecule has 1 aliphatic rings. The summed E-state index contributed by atoms with van der Waals surface area (Å²) in [4.78, 5) is 0. The molecular weight excluding hydrogens is 290 g/mol. The molecule has 1 fully saturated rings. The van der Waals surface area contributed by atoms with E-state index in [0.29, 0.717) is 12.0 Å². The summed E-state index contributed by atoms with van der Waals surface area (Å²) in [5.74, 6) is 1.47. The summed E-state index contributed by atoms with van der Waals surface area (Å²) in [6.07, 6.45) is 3.67. The number of rotatable bonds is 4. The van der Waals surface area contributed by atoms with Gasteiger partial charge < -0.3 is 10.1 Å². The zero-order valence-electron chi connectivity index (χ0n) is 11.4. The number of benzene rings is 1. The van der Waals surface area contributed by atoms with Gasteiger partial charge in [0.05, 0.1) is 7.11 Å². The second kappa shape index (κ2) is 6.07. The van der Waals surface area contributed by atoms with Crippen molar-refractivity contribution in [2.75, 3.05) is 13.7 Å². The van der Waals surface area contributed by atoms with Crippen LogP contribution in [0, 0.1) is 0 Å². The Bertz CT molecular complexity index is 411. The van der Waals surface area contributed by atoms with Gasteiger partial charge in [-0.3, -0.25) is 0 Å². The lowest BCUT2D eigenvalue weighted by molar-refractivity contribution is 0.406. The lowest BCUT2D eigenvalue weighted by atomic mass is 9.97. The first-order valence-electron chi connectivity index (χ1n) is 6.71. The van der Waals surface area contributed by atoms with Gasteiger partial charge in [0.25, 0.3) is 0 Å². The molecule has 1 atom stereocenters. The lowest BCUT2D eigenvalue weighted by Gasteiger charge is -2.17. The van der Waals surface area contributed by atoms with Gasteiger partial charge in [-0.15, -0.1) is 0 Å². The van der Waals surface area contributed by atoms with E-state index in [1.807, 2.05) is 0 Å². The van der Waals surface area contributed by atoms with Gasteiger partial charge in [0.2, 0.25) is 0 Å². The van der Waals surface area contributed by atoms with E-state index in [1.54, 1.807) is 7.11 Å². The number of methoxy groups -OCH3 is 1. The average molecular weight is 312 g/mol. The highest BCUT2D eigenvalue weighted by Gasteiger charge is 2.17. The minimum atomic E-state index is 0.466. The van der Waals surface area contributed by atoms with Crippen LogP contribution < -0.4 is 10.1 Å². The third-order valence-corrected chi connectivity index (χ3v) is 4.25. The maximum Gasteiger partial charge on any atom is 0.123 e. The third kappa shape index (κ3) is 3.07. The number of hydrogen-bond acceptors (Lipinski definition) is 2. The Morgan fingerprint density at radius 1 is 1.44 bits per heavy atom. The highest BCUT2D eigenvalue weighted by molar-refractivity contribution is 9.10. The number of hydrogen-bond donors (Lipinski definition) is 1. The molecule has 0 bridgehead atoms. The third-order valence-electron chi connectivity index (χ3n) is 3.59. The quantitative estimate of drug-likeness (QED) is 0.911. The molecule has 1 aliphatic heterocycles. The topological polar surface area (TPSA) is 21.3 Å². The van der Waals surface area contributed by atoms with Gasteiger partial charge in [-0.25, -0.2) is 0 Å². The Labute approximate surface area is 118 Å². The van der Waals surface area contributed by atoms with Gasteiger partial charge in [-0.2, -0.15) is 0 Å². The van der Waals surface area contributed by atoms with E-state index < -0.39 is 0 Å². The molecule has 1 aromatic carbocycles. The molecule has 0 aromatic heterocycles. The van der Waals surface area contributed by atoms with Crippen molar-refractivity contribution < 1.29 is 4.74 Å². The van der Waals surface area contributed by atoms with E-state index >= 15 is 0 Å². The zero-order chi connectivity index (χ0) is 13.1. The highest BCUT2D eigenvalue weighted by atomic mass is 79.9. The molecule has 0 amide bonds. The first-order chi connectivity index (χ1) is 8.61. The van der Waals surface area contributed by atoms with Crippen LogP contribution in [-0.4, -0.2) is 19.7 Å². The van der Waals surface area contributed by atoms with Crippen molar-refractivity contribution in [2.45, 2.75) is 45.1 Å². The summed E-state index contributed by atoms with van der Waals surface area (Å²) in [6.45, 7) is 5.55. The number of halogens is 1. The summed E-state index contributed by atoms with van der Waals surface area (Å²) >= 11 is 3.69. The molecule has 1 unspecified atom stereocenters. The van der Waals surface area contributed by atoms with Gasteiger partial charge in [-0.1, -0.05) is 29.8 Å². The Balaban J connectivity index is 2.24. The van der Waals surface area contributed by atoms with E-state index in [9.17, 15) is 0 Å². The number of nitrogens with one attached hydrogen (secondary N) is 1. The molecule has 1 heterocycles. The molecule has 0 spiro atoms. The van der Waals surface area contributed by atoms with Crippen molar-refractivity contribution in [3.63, 3.8) is 0 Å². The number of ether oxygens (including phenoxy) is 1. The largest absolute Gasteiger partial charge is 0.496 e. The van der Waals surface area contributed by atoms with E-state index in [4.69, 9.17) is 4.74 Å². The SMILES string of the molecule is COc1cc(CC2CCCN2)cc(Br)c1C(C)C. The lowest BCUT2D eigenvalue weighted by Crippen LogP contribution is -2.23. The summed E-state index contributed by atoms with van der Waals surface area (Å²) in [7, 11) is 1.76. The van der Waals surface area contributed by atoms with Crippen molar-refractivity contribution >= 4 is 15.9 Å². The molecule has 100 valence electrons. The Hall–Kier alpha value is -0.540. The monoisotopic (exact) mass is 311 g/mol. The normalized spacial score (nSPS) is 19.5. The molecule has 1 aromatic rings. The molecule has 18 heavy (non-hydrogen) atoms. The van der Waals surface area contributed by atoms with Crippen molar-refractivity contribution in [2.24, 2.45) is 0 Å². The fraction of sp³-hybridized carbons (Fsp3) is 0.600. The Morgan fingerprint density at radius 3 is 2.78 bits per heavy atom. The minimum Gasteiger partial charge on any atom is -0.496 e. The van der Waals surface area contributed by atoms with Gasteiger partial charge >= 0.3 is 0 Å². The van der Waals surface area contributed by atoms with Crippen molar-refractivity contribution in [1.82, 2.24) is 5.32 Å². The smallest absolute Gasteiger partial charge is 0.123 e. The second-order valence-electron chi connectivity index (χ2n) is 5.35. The van der Waals surface area contributed by atoms with Crippen LogP contribution in [0.4, 0.5) is 0 Å². The Kier molecular flexibility index (Phi) is 4.68. The summed E-state index contributed by atoms with van der Waals surface area (Å²) < 4.78 is 6.71. The molecule has 2 nitrogen and oxygen atoms in total. The van der Waals surface area contributed by atoms with Crippen LogP contribution in [0.25, 0.3) is 0 Å². The predicted octanol–water partition coefficient (Wildman–Crippen LogP) is 3.88. The molecule has 0 aliphatic carbocycles. The van der Waals surface area contributed by atoms with Crippen LogP contribution in [0.5, 0.6) is 5.75 Å². The van der Waals surface area contributed by atoms with Crippen LogP contribution in [-0.2, 0) is 6.42 Å². The van der Waals surface area contributed by atoms with E-state index in [0.717, 1.165) is 18.7 Å². The van der Waals surface area contributed by atoms with Crippen LogP contribution in [0.15, 0.2) is 16.6 Å². The maximum absolute atomic E-state index is 5.54. The molecule has 0 radical (unpaired) electrons. The predicted molar refractivity (Wildman–Crippen MR) is 79.5 cm³/mol. The maximum atomic E-state index is 5.54. The van der Waals surface area contributed by atoms with Gasteiger partial charge in [-0.05, 0) is 49.4 Å². The summed E-state index contributed by atoms with van der Waals surface area (Å²) in [5, 5.41) is 3.54. The molecule has 3 heteroatoms. The van der Waals surface area contributed by atoms with Gasteiger partial charge in [0.1, 0.15) is 5.75 Å². The molecule has 2 rings (SSSR count). The van der Waals surface area contributed by atoms with Crippen molar-refractivity contribution in [1.29, 1.82) is 0 Å². The van der Waals surface area contributed by atoms with Crippen LogP contribution in [0.1, 0.15) is 43.7 Å². The highest BCUT2D eigenvalue weighted by Crippen LogP contribution is 2.35. The standard InChI is InChI=1S/C15H22BrNO/c1-10(2)15-13(16)8-11(9-14(15)18-3)7-12-5-4-6-17-12/h8-10,12,17H,4-7H2,1-3H3. The molecule has 1 N–H and O–H groups in total. The molecule has 0 saturated carbocycles. The van der Waals surface area contributed by atoms with Crippen LogP contribution in [0.3, 0.4) is 0 Å². The van der Waals surface area contributed by atoms with Crippen LogP contribution in [0.2, 0.25) is 0 Å². The molecular formula is C15H22BrNO. The fourth-order valence-corrected chi connectivity index (χ4v) is 3.66. The van der Waals surface area contributed by atoms with E-state index in [2.05, 4.69) is 47.2 Å². The van der Waals surface area contributed by atoms with Crippen molar-refractivity contribution in [3.8, 4) is 5.75 Å². The van der Waals surface area contributed by atoms with Crippen LogP contribution >= 0.6 is 15.9 Å². The first kappa shape index (κ1) is 13.9. The second-order valence-corrected chi connectivity index (χ2v) is 6.20. The van der Waals surface area contributed by atoms with E-state index in [1.165, 1.54) is 28.4 Å². The summed E-state index contributed by atoms with van der Waals surface area (Å²) in [5.41, 5.74) is 2.61. The Morgan fingerprint density at radius 2 is 2.22 bits per heavy atom. The van der Waals surface area contributed by atoms with E-state index in [-0.39, 0.29) is 0 Å². The minimum absolute atomic E-state index is 0.466. The average Bonchev–Trinajstić information content (AvgIpc) is 2.80. The first-order valence-corrected chi connectivity index (χ1v) is 7.50. The van der Waals surface area contributed by atoms with Crippen molar-refractivity contribution in [3.05, 3.63) is 27.7 Å². The summed E-state index contributed by atoms with van der Waals surface area (Å²) in [6, 6.07) is 5.07. The van der Waals surface area contributed by atoms with Gasteiger partial charge in [0, 0.05) is 16.1 Å². The van der Waals surface area contributed by atoms with Gasteiger partial charge in [0.15, 0.2) is 0 Å².